The Kier molecular flexibility index (Phi) is 2.52. The fraction of sp³-hybridized carbons (Fsp3) is 0.375. The summed E-state index contributed by atoms with van der Waals surface area (Å²) in [7, 11) is 1.33. The van der Waals surface area contributed by atoms with E-state index in [1.807, 2.05) is 0 Å². The molecule has 0 spiro atoms. The smallest absolute Gasteiger partial charge is 0.406 e. The number of alkyl halides is 3. The molecule has 0 bridgehead atoms. The molecule has 9 heteroatoms. The minimum Gasteiger partial charge on any atom is -0.479 e. The Bertz CT molecular complexity index is 550. The van der Waals surface area contributed by atoms with Crippen LogP contribution in [-0.4, -0.2) is 32.8 Å². The number of halogens is 3. The lowest BCUT2D eigenvalue weighted by molar-refractivity contribution is -0.139. The highest BCUT2D eigenvalue weighted by Crippen LogP contribution is 2.26. The van der Waals surface area contributed by atoms with Crippen molar-refractivity contribution >= 4 is 17.1 Å². The van der Waals surface area contributed by atoms with Gasteiger partial charge in [-0.05, 0) is 0 Å². The van der Waals surface area contributed by atoms with Gasteiger partial charge in [-0.15, -0.1) is 0 Å². The molecule has 2 aromatic rings. The number of fused-ring (bicyclic) bond motifs is 1. The van der Waals surface area contributed by atoms with E-state index in [-0.39, 0.29) is 23.0 Å². The van der Waals surface area contributed by atoms with Crippen molar-refractivity contribution in [1.82, 2.24) is 19.5 Å². The molecule has 0 amide bonds. The summed E-state index contributed by atoms with van der Waals surface area (Å²) in [5.74, 6) is -0.196. The maximum Gasteiger partial charge on any atom is 0.406 e. The van der Waals surface area contributed by atoms with Crippen molar-refractivity contribution < 1.29 is 17.9 Å². The van der Waals surface area contributed by atoms with E-state index < -0.39 is 12.7 Å². The Balaban J connectivity index is 2.60. The van der Waals surface area contributed by atoms with Crippen LogP contribution in [0.2, 0.25) is 0 Å². The van der Waals surface area contributed by atoms with E-state index in [4.69, 9.17) is 10.5 Å². The molecule has 2 N–H and O–H groups in total. The number of ether oxygens (including phenoxy) is 1. The standard InChI is InChI=1S/C8H8F3N5O/c1-17-6-4-5(13-3-14-6)16(7(12)15-4)2-8(9,10)11/h3H,2H2,1H3,(H2,12,15). The molecule has 2 heterocycles. The predicted octanol–water partition coefficient (Wildman–Crippen LogP) is 0.979. The number of hydrogen-bond donors (Lipinski definition) is 1. The van der Waals surface area contributed by atoms with Crippen molar-refractivity contribution in [3.8, 4) is 5.88 Å². The minimum absolute atomic E-state index is 0.00771. The highest BCUT2D eigenvalue weighted by molar-refractivity contribution is 5.78. The topological polar surface area (TPSA) is 78.8 Å². The average molecular weight is 247 g/mol. The lowest BCUT2D eigenvalue weighted by atomic mass is 10.5. The molecule has 0 unspecified atom stereocenters. The van der Waals surface area contributed by atoms with Gasteiger partial charge in [0, 0.05) is 0 Å². The van der Waals surface area contributed by atoms with Gasteiger partial charge >= 0.3 is 6.18 Å². The van der Waals surface area contributed by atoms with E-state index in [1.165, 1.54) is 7.11 Å². The van der Waals surface area contributed by atoms with E-state index in [1.54, 1.807) is 0 Å². The normalized spacial score (nSPS) is 12.0. The van der Waals surface area contributed by atoms with Gasteiger partial charge in [0.05, 0.1) is 7.11 Å². The average Bonchev–Trinajstić information content (AvgIpc) is 2.53. The quantitative estimate of drug-likeness (QED) is 0.855. The molecule has 0 radical (unpaired) electrons. The highest BCUT2D eigenvalue weighted by Gasteiger charge is 2.30. The molecule has 2 aromatic heterocycles. The van der Waals surface area contributed by atoms with Crippen LogP contribution in [0.25, 0.3) is 11.2 Å². The Morgan fingerprint density at radius 3 is 2.71 bits per heavy atom. The number of nitrogens with two attached hydrogens (primary N) is 1. The number of hydrogen-bond acceptors (Lipinski definition) is 5. The summed E-state index contributed by atoms with van der Waals surface area (Å²) in [6, 6.07) is 0. The Hall–Kier alpha value is -2.06. The lowest BCUT2D eigenvalue weighted by Crippen LogP contribution is -2.19. The fourth-order valence-electron chi connectivity index (χ4n) is 1.42. The first kappa shape index (κ1) is 11.4. The molecule has 17 heavy (non-hydrogen) atoms. The van der Waals surface area contributed by atoms with Gasteiger partial charge in [0.2, 0.25) is 11.8 Å². The van der Waals surface area contributed by atoms with Gasteiger partial charge in [0.25, 0.3) is 0 Å². The van der Waals surface area contributed by atoms with Crippen LogP contribution in [0, 0.1) is 0 Å². The summed E-state index contributed by atoms with van der Waals surface area (Å²) in [5.41, 5.74) is 5.51. The number of rotatable bonds is 2. The van der Waals surface area contributed by atoms with Gasteiger partial charge in [-0.25, -0.2) is 9.97 Å². The first-order chi connectivity index (χ1) is 7.92. The zero-order chi connectivity index (χ0) is 12.6. The number of anilines is 1. The third-order valence-electron chi connectivity index (χ3n) is 2.06. The number of methoxy groups -OCH3 is 1. The highest BCUT2D eigenvalue weighted by atomic mass is 19.4. The maximum absolute atomic E-state index is 12.3. The van der Waals surface area contributed by atoms with Crippen LogP contribution in [0.5, 0.6) is 5.88 Å². The molecule has 92 valence electrons. The third kappa shape index (κ3) is 2.08. The van der Waals surface area contributed by atoms with Crippen LogP contribution in [0.15, 0.2) is 6.33 Å². The van der Waals surface area contributed by atoms with Crippen LogP contribution >= 0.6 is 0 Å². The zero-order valence-corrected chi connectivity index (χ0v) is 8.69. The van der Waals surface area contributed by atoms with Crippen molar-refractivity contribution in [3.63, 3.8) is 0 Å². The number of nitrogen functional groups attached to an aromatic ring is 1. The first-order valence-electron chi connectivity index (χ1n) is 4.50. The fourth-order valence-corrected chi connectivity index (χ4v) is 1.42. The predicted molar refractivity (Wildman–Crippen MR) is 52.3 cm³/mol. The summed E-state index contributed by atoms with van der Waals surface area (Å²) in [5, 5.41) is 0. The molecule has 0 saturated carbocycles. The molecule has 0 atom stereocenters. The maximum atomic E-state index is 12.3. The Morgan fingerprint density at radius 2 is 2.12 bits per heavy atom. The van der Waals surface area contributed by atoms with Crippen molar-refractivity contribution in [2.24, 2.45) is 0 Å². The largest absolute Gasteiger partial charge is 0.479 e. The summed E-state index contributed by atoms with van der Waals surface area (Å²) >= 11 is 0. The van der Waals surface area contributed by atoms with Gasteiger partial charge in [-0.2, -0.15) is 18.2 Å². The van der Waals surface area contributed by atoms with E-state index in [2.05, 4.69) is 15.0 Å². The molecule has 0 aliphatic heterocycles. The van der Waals surface area contributed by atoms with E-state index in [0.717, 1.165) is 10.9 Å². The molecule has 0 aliphatic rings. The zero-order valence-electron chi connectivity index (χ0n) is 8.69. The van der Waals surface area contributed by atoms with Gasteiger partial charge < -0.3 is 10.5 Å². The van der Waals surface area contributed by atoms with Crippen LogP contribution in [0.4, 0.5) is 19.1 Å². The van der Waals surface area contributed by atoms with Crippen LogP contribution in [-0.2, 0) is 6.54 Å². The summed E-state index contributed by atoms with van der Waals surface area (Å²) in [4.78, 5) is 11.2. The molecular formula is C8H8F3N5O. The van der Waals surface area contributed by atoms with E-state index in [0.29, 0.717) is 0 Å². The summed E-state index contributed by atoms with van der Waals surface area (Å²) in [6.45, 7) is -1.25. The number of imidazole rings is 1. The second-order valence-electron chi connectivity index (χ2n) is 3.23. The molecule has 6 nitrogen and oxygen atoms in total. The molecule has 0 fully saturated rings. The Morgan fingerprint density at radius 1 is 1.41 bits per heavy atom. The summed E-state index contributed by atoms with van der Waals surface area (Å²) in [6.07, 6.45) is -3.31. The van der Waals surface area contributed by atoms with Gasteiger partial charge in [-0.1, -0.05) is 0 Å². The number of nitrogens with zero attached hydrogens (tertiary/aromatic N) is 4. The van der Waals surface area contributed by atoms with E-state index in [9.17, 15) is 13.2 Å². The van der Waals surface area contributed by atoms with Crippen LogP contribution < -0.4 is 10.5 Å². The van der Waals surface area contributed by atoms with Crippen molar-refractivity contribution in [2.75, 3.05) is 12.8 Å². The van der Waals surface area contributed by atoms with Gasteiger partial charge in [-0.3, -0.25) is 4.57 Å². The summed E-state index contributed by atoms with van der Waals surface area (Å²) < 4.78 is 42.6. The number of aromatic nitrogens is 4. The monoisotopic (exact) mass is 247 g/mol. The van der Waals surface area contributed by atoms with Crippen molar-refractivity contribution in [1.29, 1.82) is 0 Å². The van der Waals surface area contributed by atoms with E-state index >= 15 is 0 Å². The van der Waals surface area contributed by atoms with Crippen molar-refractivity contribution in [2.45, 2.75) is 12.7 Å². The molecular weight excluding hydrogens is 239 g/mol. The molecule has 0 aliphatic carbocycles. The van der Waals surface area contributed by atoms with Gasteiger partial charge in [0.15, 0.2) is 11.2 Å². The molecule has 0 aromatic carbocycles. The SMILES string of the molecule is COc1ncnc2c1nc(N)n2CC(F)(F)F. The molecule has 2 rings (SSSR count). The third-order valence-corrected chi connectivity index (χ3v) is 2.06. The Labute approximate surface area is 93.2 Å². The second-order valence-corrected chi connectivity index (χ2v) is 3.23. The lowest BCUT2D eigenvalue weighted by Gasteiger charge is -2.08. The molecule has 0 saturated heterocycles. The second kappa shape index (κ2) is 3.75. The van der Waals surface area contributed by atoms with Crippen molar-refractivity contribution in [3.05, 3.63) is 6.33 Å². The van der Waals surface area contributed by atoms with Crippen LogP contribution in [0.1, 0.15) is 0 Å². The van der Waals surface area contributed by atoms with Gasteiger partial charge in [0.1, 0.15) is 12.9 Å². The minimum atomic E-state index is -4.40. The van der Waals surface area contributed by atoms with Crippen LogP contribution in [0.3, 0.4) is 0 Å². The first-order valence-corrected chi connectivity index (χ1v) is 4.50.